The van der Waals surface area contributed by atoms with Crippen LogP contribution >= 0.6 is 27.5 Å². The summed E-state index contributed by atoms with van der Waals surface area (Å²) in [6.45, 7) is -0.413. The fourth-order valence-corrected chi connectivity index (χ4v) is 1.52. The van der Waals surface area contributed by atoms with Crippen molar-refractivity contribution in [1.82, 2.24) is 5.32 Å². The molecular formula is C10H12BrClN2O3. The summed E-state index contributed by atoms with van der Waals surface area (Å²) in [5.74, 6) is 0. The summed E-state index contributed by atoms with van der Waals surface area (Å²) in [4.78, 5) is 11.4. The number of aliphatic hydroxyl groups excluding tert-OH is 2. The summed E-state index contributed by atoms with van der Waals surface area (Å²) < 4.78 is 0.673. The highest BCUT2D eigenvalue weighted by molar-refractivity contribution is 9.10. The highest BCUT2D eigenvalue weighted by Gasteiger charge is 2.06. The van der Waals surface area contributed by atoms with E-state index in [9.17, 15) is 4.79 Å². The van der Waals surface area contributed by atoms with Gasteiger partial charge in [-0.3, -0.25) is 0 Å². The highest BCUT2D eigenvalue weighted by Crippen LogP contribution is 2.25. The topological polar surface area (TPSA) is 81.6 Å². The molecular weight excluding hydrogens is 311 g/mol. The maximum Gasteiger partial charge on any atom is 0.319 e. The van der Waals surface area contributed by atoms with Gasteiger partial charge in [-0.05, 0) is 34.1 Å². The molecule has 0 saturated carbocycles. The third-order valence-electron chi connectivity index (χ3n) is 1.89. The zero-order chi connectivity index (χ0) is 12.8. The van der Waals surface area contributed by atoms with Gasteiger partial charge in [0, 0.05) is 16.7 Å². The van der Waals surface area contributed by atoms with E-state index in [2.05, 4.69) is 26.6 Å². The van der Waals surface area contributed by atoms with Gasteiger partial charge in [-0.1, -0.05) is 11.6 Å². The quantitative estimate of drug-likeness (QED) is 0.679. The molecule has 0 radical (unpaired) electrons. The molecule has 0 heterocycles. The second kappa shape index (κ2) is 6.80. The van der Waals surface area contributed by atoms with E-state index < -0.39 is 18.7 Å². The highest BCUT2D eigenvalue weighted by atomic mass is 79.9. The van der Waals surface area contributed by atoms with Crippen LogP contribution in [0.3, 0.4) is 0 Å². The Labute approximate surface area is 112 Å². The first-order valence-electron chi connectivity index (χ1n) is 4.81. The largest absolute Gasteiger partial charge is 0.394 e. The third-order valence-corrected chi connectivity index (χ3v) is 3.10. The molecule has 0 bridgehead atoms. The number of rotatable bonds is 4. The molecule has 0 aromatic heterocycles. The van der Waals surface area contributed by atoms with Gasteiger partial charge in [0.25, 0.3) is 0 Å². The number of hydrogen-bond acceptors (Lipinski definition) is 3. The van der Waals surface area contributed by atoms with Crippen LogP contribution in [-0.4, -0.2) is 35.5 Å². The molecule has 1 aromatic rings. The maximum atomic E-state index is 11.4. The first-order valence-corrected chi connectivity index (χ1v) is 5.99. The number of anilines is 1. The molecule has 0 spiro atoms. The molecule has 1 aromatic carbocycles. The summed E-state index contributed by atoms with van der Waals surface area (Å²) in [5, 5.41) is 23.1. The van der Waals surface area contributed by atoms with E-state index in [0.717, 1.165) is 0 Å². The fraction of sp³-hybridized carbons (Fsp3) is 0.300. The number of nitrogens with one attached hydrogen (secondary N) is 2. The van der Waals surface area contributed by atoms with Crippen molar-refractivity contribution in [2.45, 2.75) is 6.10 Å². The van der Waals surface area contributed by atoms with E-state index in [1.807, 2.05) is 0 Å². The van der Waals surface area contributed by atoms with Crippen LogP contribution in [0.4, 0.5) is 10.5 Å². The molecule has 17 heavy (non-hydrogen) atoms. The molecule has 0 fully saturated rings. The molecule has 2 amide bonds. The van der Waals surface area contributed by atoms with Crippen molar-refractivity contribution in [3.05, 3.63) is 27.7 Å². The molecule has 0 aliphatic rings. The fourth-order valence-electron chi connectivity index (χ4n) is 1.02. The molecule has 7 heteroatoms. The van der Waals surface area contributed by atoms with Gasteiger partial charge in [-0.2, -0.15) is 0 Å². The van der Waals surface area contributed by atoms with Crippen molar-refractivity contribution < 1.29 is 15.0 Å². The lowest BCUT2D eigenvalue weighted by atomic mass is 10.3. The minimum Gasteiger partial charge on any atom is -0.394 e. The van der Waals surface area contributed by atoms with E-state index in [4.69, 9.17) is 21.8 Å². The Kier molecular flexibility index (Phi) is 5.70. The summed E-state index contributed by atoms with van der Waals surface area (Å²) in [5.41, 5.74) is 0.567. The number of hydrogen-bond donors (Lipinski definition) is 4. The summed E-state index contributed by atoms with van der Waals surface area (Å²) in [6, 6.07) is 4.48. The van der Waals surface area contributed by atoms with Crippen molar-refractivity contribution in [3.8, 4) is 0 Å². The number of amides is 2. The van der Waals surface area contributed by atoms with Crippen LogP contribution in [0.2, 0.25) is 5.02 Å². The number of carbonyl (C=O) groups excluding carboxylic acids is 1. The van der Waals surface area contributed by atoms with Crippen LogP contribution in [-0.2, 0) is 0 Å². The molecule has 1 unspecified atom stereocenters. The first kappa shape index (κ1) is 14.2. The van der Waals surface area contributed by atoms with Crippen LogP contribution in [0.25, 0.3) is 0 Å². The van der Waals surface area contributed by atoms with Gasteiger partial charge in [0.2, 0.25) is 0 Å². The van der Waals surface area contributed by atoms with Gasteiger partial charge in [-0.25, -0.2) is 4.79 Å². The molecule has 1 atom stereocenters. The minimum atomic E-state index is -0.960. The summed E-state index contributed by atoms with van der Waals surface area (Å²) >= 11 is 9.04. The lowest BCUT2D eigenvalue weighted by Crippen LogP contribution is -2.36. The zero-order valence-corrected chi connectivity index (χ0v) is 11.1. The van der Waals surface area contributed by atoms with Crippen LogP contribution in [0.5, 0.6) is 0 Å². The maximum absolute atomic E-state index is 11.4. The van der Waals surface area contributed by atoms with E-state index in [1.165, 1.54) is 0 Å². The van der Waals surface area contributed by atoms with Gasteiger partial charge >= 0.3 is 6.03 Å². The minimum absolute atomic E-state index is 0.0168. The Morgan fingerprint density at radius 1 is 1.53 bits per heavy atom. The first-order chi connectivity index (χ1) is 8.02. The molecule has 94 valence electrons. The van der Waals surface area contributed by atoms with Crippen LogP contribution in [0.15, 0.2) is 22.7 Å². The second-order valence-electron chi connectivity index (χ2n) is 3.30. The van der Waals surface area contributed by atoms with E-state index in [0.29, 0.717) is 15.2 Å². The predicted octanol–water partition coefficient (Wildman–Crippen LogP) is 1.58. The summed E-state index contributed by atoms with van der Waals surface area (Å²) in [7, 11) is 0. The van der Waals surface area contributed by atoms with Crippen molar-refractivity contribution >= 4 is 39.2 Å². The second-order valence-corrected chi connectivity index (χ2v) is 4.56. The number of aliphatic hydroxyl groups is 2. The standard InChI is InChI=1S/C10H12BrClN2O3/c11-8-3-6(1-2-9(8)12)14-10(17)13-4-7(16)5-15/h1-3,7,15-16H,4-5H2,(H2,13,14,17). The van der Waals surface area contributed by atoms with Crippen LogP contribution < -0.4 is 10.6 Å². The average Bonchev–Trinajstić information content (AvgIpc) is 2.31. The van der Waals surface area contributed by atoms with Crippen molar-refractivity contribution in [1.29, 1.82) is 0 Å². The zero-order valence-electron chi connectivity index (χ0n) is 8.78. The summed E-state index contributed by atoms with van der Waals surface area (Å²) in [6.07, 6.45) is -0.960. The molecule has 0 aliphatic carbocycles. The Balaban J connectivity index is 2.48. The molecule has 1 rings (SSSR count). The Morgan fingerprint density at radius 2 is 2.24 bits per heavy atom. The number of halogens is 2. The Bertz CT molecular complexity index is 403. The van der Waals surface area contributed by atoms with Crippen molar-refractivity contribution in [2.75, 3.05) is 18.5 Å². The molecule has 0 aliphatic heterocycles. The van der Waals surface area contributed by atoms with Gasteiger partial charge in [0.05, 0.1) is 17.7 Å². The predicted molar refractivity (Wildman–Crippen MR) is 69.3 cm³/mol. The molecule has 4 N–H and O–H groups in total. The van der Waals surface area contributed by atoms with Gasteiger partial charge in [0.15, 0.2) is 0 Å². The molecule has 5 nitrogen and oxygen atoms in total. The lowest BCUT2D eigenvalue weighted by molar-refractivity contribution is 0.0965. The number of urea groups is 1. The van der Waals surface area contributed by atoms with Gasteiger partial charge < -0.3 is 20.8 Å². The monoisotopic (exact) mass is 322 g/mol. The van der Waals surface area contributed by atoms with Gasteiger partial charge in [0.1, 0.15) is 0 Å². The van der Waals surface area contributed by atoms with Crippen LogP contribution in [0.1, 0.15) is 0 Å². The Hall–Kier alpha value is -0.820. The van der Waals surface area contributed by atoms with E-state index in [1.54, 1.807) is 18.2 Å². The van der Waals surface area contributed by atoms with Crippen LogP contribution in [0, 0.1) is 0 Å². The number of carbonyl (C=O) groups is 1. The third kappa shape index (κ3) is 4.91. The Morgan fingerprint density at radius 3 is 2.82 bits per heavy atom. The van der Waals surface area contributed by atoms with Crippen molar-refractivity contribution in [3.63, 3.8) is 0 Å². The SMILES string of the molecule is O=C(NCC(O)CO)Nc1ccc(Cl)c(Br)c1. The average molecular weight is 324 g/mol. The van der Waals surface area contributed by atoms with Crippen molar-refractivity contribution in [2.24, 2.45) is 0 Å². The lowest BCUT2D eigenvalue weighted by Gasteiger charge is -2.10. The molecule has 0 saturated heterocycles. The van der Waals surface area contributed by atoms with Gasteiger partial charge in [-0.15, -0.1) is 0 Å². The van der Waals surface area contributed by atoms with E-state index >= 15 is 0 Å². The smallest absolute Gasteiger partial charge is 0.319 e. The van der Waals surface area contributed by atoms with E-state index in [-0.39, 0.29) is 6.54 Å². The number of benzene rings is 1. The normalized spacial score (nSPS) is 12.0.